The van der Waals surface area contributed by atoms with Crippen molar-refractivity contribution in [2.24, 2.45) is 0 Å². The smallest absolute Gasteiger partial charge is 0.307 e. The average molecular weight is 331 g/mol. The molecular weight excluding hydrogens is 302 g/mol. The molecule has 0 heterocycles. The van der Waals surface area contributed by atoms with Gasteiger partial charge in [-0.05, 0) is 40.9 Å². The summed E-state index contributed by atoms with van der Waals surface area (Å²) in [6.07, 6.45) is 0.000463. The zero-order valence-corrected chi connectivity index (χ0v) is 15.9. The molecule has 0 unspecified atom stereocenters. The van der Waals surface area contributed by atoms with E-state index >= 15 is 0 Å². The molecule has 0 saturated heterocycles. The summed E-state index contributed by atoms with van der Waals surface area (Å²) in [5.41, 5.74) is 2.35. The molecule has 1 N–H and O–H groups in total. The van der Waals surface area contributed by atoms with Gasteiger partial charge in [0.1, 0.15) is 11.8 Å². The van der Waals surface area contributed by atoms with Crippen molar-refractivity contribution in [2.45, 2.75) is 78.2 Å². The van der Waals surface area contributed by atoms with Gasteiger partial charge in [0.05, 0.1) is 0 Å². The Morgan fingerprint density at radius 3 is 2.00 bits per heavy atom. The highest BCUT2D eigenvalue weighted by atomic mass is 16.5. The Labute approximate surface area is 145 Å². The fourth-order valence-corrected chi connectivity index (χ4v) is 2.51. The van der Waals surface area contributed by atoms with E-state index in [1.807, 2.05) is 18.2 Å². The highest BCUT2D eigenvalue weighted by Gasteiger charge is 2.26. The highest BCUT2D eigenvalue weighted by molar-refractivity contribution is 5.70. The Hall–Kier alpha value is -2.02. The average Bonchev–Trinajstić information content (AvgIpc) is 2.43. The van der Waals surface area contributed by atoms with Crippen LogP contribution in [0.15, 0.2) is 12.1 Å². The number of esters is 1. The molecule has 0 saturated carbocycles. The highest BCUT2D eigenvalue weighted by Crippen LogP contribution is 2.39. The predicted octanol–water partition coefficient (Wildman–Crippen LogP) is 4.38. The Morgan fingerprint density at radius 2 is 1.62 bits per heavy atom. The van der Waals surface area contributed by atoms with Gasteiger partial charge >= 0.3 is 5.97 Å². The Morgan fingerprint density at radius 1 is 1.17 bits per heavy atom. The van der Waals surface area contributed by atoms with E-state index in [2.05, 4.69) is 41.5 Å². The third kappa shape index (κ3) is 5.26. The van der Waals surface area contributed by atoms with Crippen LogP contribution in [-0.2, 0) is 26.8 Å². The fraction of sp³-hybridized carbons (Fsp3) is 0.600. The number of aryl methyl sites for hydroxylation is 1. The number of phenolic OH excluding ortho intramolecular Hbond substituents is 1. The SMILES string of the molecule is C[C@H](C#N)OC(=O)CCc1cc(C(C)(C)C)c(O)c(C(C)(C)C)c1. The summed E-state index contributed by atoms with van der Waals surface area (Å²) in [7, 11) is 0. The Bertz CT molecular complexity index is 607. The molecule has 1 aromatic carbocycles. The molecule has 0 aromatic heterocycles. The van der Waals surface area contributed by atoms with Crippen LogP contribution in [0.1, 0.15) is 71.6 Å². The molecule has 24 heavy (non-hydrogen) atoms. The molecule has 1 aromatic rings. The van der Waals surface area contributed by atoms with Crippen LogP contribution in [0.3, 0.4) is 0 Å². The van der Waals surface area contributed by atoms with Gasteiger partial charge in [0.25, 0.3) is 0 Å². The largest absolute Gasteiger partial charge is 0.507 e. The molecule has 4 heteroatoms. The lowest BCUT2D eigenvalue weighted by Crippen LogP contribution is -2.18. The van der Waals surface area contributed by atoms with Crippen molar-refractivity contribution in [3.63, 3.8) is 0 Å². The van der Waals surface area contributed by atoms with Gasteiger partial charge in [-0.1, -0.05) is 53.7 Å². The first-order chi connectivity index (χ1) is 10.9. The summed E-state index contributed by atoms with van der Waals surface area (Å²) in [4.78, 5) is 11.8. The number of phenols is 1. The predicted molar refractivity (Wildman–Crippen MR) is 95.0 cm³/mol. The molecule has 0 radical (unpaired) electrons. The van der Waals surface area contributed by atoms with Crippen molar-refractivity contribution < 1.29 is 14.6 Å². The maximum atomic E-state index is 11.8. The summed E-state index contributed by atoms with van der Waals surface area (Å²) >= 11 is 0. The number of rotatable bonds is 4. The van der Waals surface area contributed by atoms with E-state index in [1.165, 1.54) is 0 Å². The number of ether oxygens (including phenoxy) is 1. The third-order valence-corrected chi connectivity index (χ3v) is 3.89. The third-order valence-electron chi connectivity index (χ3n) is 3.89. The van der Waals surface area contributed by atoms with E-state index in [0.29, 0.717) is 12.2 Å². The van der Waals surface area contributed by atoms with Crippen LogP contribution in [0, 0.1) is 11.3 Å². The molecule has 0 aliphatic heterocycles. The molecule has 0 spiro atoms. The first-order valence-electron chi connectivity index (χ1n) is 8.32. The summed E-state index contributed by atoms with van der Waals surface area (Å²) in [5.74, 6) is -0.0498. The molecule has 0 aliphatic carbocycles. The van der Waals surface area contributed by atoms with Crippen molar-refractivity contribution in [1.29, 1.82) is 5.26 Å². The minimum absolute atomic E-state index is 0.198. The van der Waals surface area contributed by atoms with Crippen molar-refractivity contribution in [3.8, 4) is 11.8 Å². The number of benzene rings is 1. The molecular formula is C20H29NO3. The Balaban J connectivity index is 3.12. The molecule has 0 aliphatic rings. The van der Waals surface area contributed by atoms with Crippen molar-refractivity contribution in [2.75, 3.05) is 0 Å². The maximum absolute atomic E-state index is 11.8. The van der Waals surface area contributed by atoms with Gasteiger partial charge in [-0.2, -0.15) is 5.26 Å². The maximum Gasteiger partial charge on any atom is 0.307 e. The second-order valence-corrected chi connectivity index (χ2v) is 8.30. The van der Waals surface area contributed by atoms with E-state index < -0.39 is 6.10 Å². The topological polar surface area (TPSA) is 70.3 Å². The van der Waals surface area contributed by atoms with Crippen LogP contribution < -0.4 is 0 Å². The quantitative estimate of drug-likeness (QED) is 0.831. The zero-order chi connectivity index (χ0) is 18.7. The first-order valence-corrected chi connectivity index (χ1v) is 8.32. The summed E-state index contributed by atoms with van der Waals surface area (Å²) in [6.45, 7) is 13.9. The molecule has 1 rings (SSSR count). The number of hydrogen-bond acceptors (Lipinski definition) is 4. The van der Waals surface area contributed by atoms with Gasteiger partial charge in [-0.3, -0.25) is 4.79 Å². The van der Waals surface area contributed by atoms with Gasteiger partial charge in [-0.15, -0.1) is 0 Å². The zero-order valence-electron chi connectivity index (χ0n) is 15.9. The number of aromatic hydroxyl groups is 1. The summed E-state index contributed by atoms with van der Waals surface area (Å²) in [5, 5.41) is 19.4. The van der Waals surface area contributed by atoms with Gasteiger partial charge < -0.3 is 9.84 Å². The minimum Gasteiger partial charge on any atom is -0.507 e. The van der Waals surface area contributed by atoms with E-state index in [1.54, 1.807) is 6.92 Å². The van der Waals surface area contributed by atoms with Gasteiger partial charge in [-0.25, -0.2) is 0 Å². The van der Waals surface area contributed by atoms with Crippen molar-refractivity contribution in [3.05, 3.63) is 28.8 Å². The van der Waals surface area contributed by atoms with E-state index in [-0.39, 0.29) is 23.2 Å². The Kier molecular flexibility index (Phi) is 6.05. The summed E-state index contributed by atoms with van der Waals surface area (Å²) in [6, 6.07) is 5.81. The fourth-order valence-electron chi connectivity index (χ4n) is 2.51. The van der Waals surface area contributed by atoms with Crippen molar-refractivity contribution in [1.82, 2.24) is 0 Å². The molecule has 0 fully saturated rings. The van der Waals surface area contributed by atoms with Crippen LogP contribution >= 0.6 is 0 Å². The van der Waals surface area contributed by atoms with Gasteiger partial charge in [0.2, 0.25) is 0 Å². The monoisotopic (exact) mass is 331 g/mol. The van der Waals surface area contributed by atoms with E-state index in [4.69, 9.17) is 10.00 Å². The standard InChI is InChI=1S/C20H29NO3/c1-13(12-21)24-17(22)9-8-14-10-15(19(2,3)4)18(23)16(11-14)20(5,6)7/h10-11,13,23H,8-9H2,1-7H3/t13-/m1/s1. The van der Waals surface area contributed by atoms with Crippen LogP contribution in [0.25, 0.3) is 0 Å². The van der Waals surface area contributed by atoms with Gasteiger partial charge in [0, 0.05) is 6.42 Å². The number of nitrogens with zero attached hydrogens (tertiary/aromatic N) is 1. The molecule has 0 bridgehead atoms. The molecule has 132 valence electrons. The lowest BCUT2D eigenvalue weighted by Gasteiger charge is -2.28. The van der Waals surface area contributed by atoms with E-state index in [9.17, 15) is 9.90 Å². The minimum atomic E-state index is -0.729. The van der Waals surface area contributed by atoms with Crippen LogP contribution in [0.5, 0.6) is 5.75 Å². The molecule has 4 nitrogen and oxygen atoms in total. The number of hydrogen-bond donors (Lipinski definition) is 1. The number of nitriles is 1. The van der Waals surface area contributed by atoms with Gasteiger partial charge in [0.15, 0.2) is 6.10 Å². The van der Waals surface area contributed by atoms with Crippen LogP contribution in [-0.4, -0.2) is 17.2 Å². The first kappa shape index (κ1) is 20.0. The van der Waals surface area contributed by atoms with Crippen LogP contribution in [0.4, 0.5) is 0 Å². The number of carbonyl (C=O) groups is 1. The molecule has 0 amide bonds. The normalized spacial score (nSPS) is 13.2. The lowest BCUT2D eigenvalue weighted by molar-refractivity contribution is -0.145. The second-order valence-electron chi connectivity index (χ2n) is 8.30. The molecule has 1 atom stereocenters. The second kappa shape index (κ2) is 7.25. The lowest BCUT2D eigenvalue weighted by atomic mass is 9.78. The van der Waals surface area contributed by atoms with Crippen molar-refractivity contribution >= 4 is 5.97 Å². The van der Waals surface area contributed by atoms with E-state index in [0.717, 1.165) is 16.7 Å². The number of carbonyl (C=O) groups excluding carboxylic acids is 1. The summed E-state index contributed by atoms with van der Waals surface area (Å²) < 4.78 is 4.99. The van der Waals surface area contributed by atoms with Crippen LogP contribution in [0.2, 0.25) is 0 Å².